The molecule has 0 bridgehead atoms. The quantitative estimate of drug-likeness (QED) is 0.630. The third kappa shape index (κ3) is 4.40. The molecule has 1 aromatic heterocycles. The number of benzene rings is 1. The molecule has 1 aromatic carbocycles. The summed E-state index contributed by atoms with van der Waals surface area (Å²) in [4.78, 5) is 4.40. The third-order valence-corrected chi connectivity index (χ3v) is 3.97. The van der Waals surface area contributed by atoms with Gasteiger partial charge in [-0.05, 0) is 59.0 Å². The van der Waals surface area contributed by atoms with Crippen LogP contribution in [0.5, 0.6) is 0 Å². The van der Waals surface area contributed by atoms with E-state index in [2.05, 4.69) is 57.5 Å². The van der Waals surface area contributed by atoms with Crippen molar-refractivity contribution in [2.45, 2.75) is 32.2 Å². The summed E-state index contributed by atoms with van der Waals surface area (Å²) in [6.07, 6.45) is 4.69. The monoisotopic (exact) mass is 333 g/mol. The minimum Gasteiger partial charge on any atom is -0.271 e. The first-order valence-electron chi connectivity index (χ1n) is 6.80. The number of pyridine rings is 1. The van der Waals surface area contributed by atoms with Gasteiger partial charge >= 0.3 is 0 Å². The average molecular weight is 334 g/mol. The Labute approximate surface area is 128 Å². The van der Waals surface area contributed by atoms with Crippen LogP contribution in [0, 0.1) is 6.92 Å². The Hall–Kier alpha value is -1.23. The maximum atomic E-state index is 5.67. The maximum Gasteiger partial charge on any atom is 0.0420 e. The molecule has 0 saturated heterocycles. The van der Waals surface area contributed by atoms with Crippen LogP contribution in [-0.4, -0.2) is 11.0 Å². The summed E-state index contributed by atoms with van der Waals surface area (Å²) in [5.41, 5.74) is 6.68. The zero-order chi connectivity index (χ0) is 14.4. The summed E-state index contributed by atoms with van der Waals surface area (Å²) in [6, 6.07) is 12.8. The molecule has 3 N–H and O–H groups in total. The number of nitrogens with zero attached hydrogens (tertiary/aromatic N) is 1. The van der Waals surface area contributed by atoms with Crippen LogP contribution in [0.1, 0.15) is 23.2 Å². The van der Waals surface area contributed by atoms with Crippen molar-refractivity contribution in [3.63, 3.8) is 0 Å². The number of nitrogens with two attached hydrogens (primary N) is 1. The number of hydrogen-bond acceptors (Lipinski definition) is 3. The number of aromatic nitrogens is 1. The Morgan fingerprint density at radius 1 is 1.25 bits per heavy atom. The lowest BCUT2D eigenvalue weighted by molar-refractivity contribution is 0.487. The molecular formula is C16H20BrN3. The Balaban J connectivity index is 1.92. The van der Waals surface area contributed by atoms with Gasteiger partial charge in [-0.3, -0.25) is 16.3 Å². The van der Waals surface area contributed by atoms with Crippen molar-refractivity contribution in [3.8, 4) is 0 Å². The molecule has 2 aromatic rings. The second-order valence-corrected chi connectivity index (χ2v) is 5.92. The number of aryl methyl sites for hydroxylation is 2. The van der Waals surface area contributed by atoms with Gasteiger partial charge in [0.15, 0.2) is 0 Å². The highest BCUT2D eigenvalue weighted by molar-refractivity contribution is 9.10. The summed E-state index contributed by atoms with van der Waals surface area (Å²) in [5.74, 6) is 5.67. The first kappa shape index (κ1) is 15.2. The molecule has 3 nitrogen and oxygen atoms in total. The summed E-state index contributed by atoms with van der Waals surface area (Å²) in [6.45, 7) is 2.15. The molecule has 1 unspecified atom stereocenters. The Morgan fingerprint density at radius 2 is 2.05 bits per heavy atom. The standard InChI is InChI=1S/C16H20BrN3/c1-12-4-2-3-5-13(12)6-8-16(20-18)10-15-9-7-14(17)11-19-15/h2-5,7,9,11,16,20H,6,8,10,18H2,1H3. The topological polar surface area (TPSA) is 50.9 Å². The lowest BCUT2D eigenvalue weighted by Crippen LogP contribution is -2.37. The van der Waals surface area contributed by atoms with E-state index in [4.69, 9.17) is 5.84 Å². The minimum absolute atomic E-state index is 0.239. The van der Waals surface area contributed by atoms with Gasteiger partial charge in [-0.1, -0.05) is 24.3 Å². The Morgan fingerprint density at radius 3 is 2.70 bits per heavy atom. The van der Waals surface area contributed by atoms with E-state index in [0.717, 1.165) is 29.4 Å². The molecule has 0 fully saturated rings. The van der Waals surface area contributed by atoms with Crippen LogP contribution in [0.2, 0.25) is 0 Å². The molecular weight excluding hydrogens is 314 g/mol. The van der Waals surface area contributed by atoms with Crippen LogP contribution in [0.25, 0.3) is 0 Å². The SMILES string of the molecule is Cc1ccccc1CCC(Cc1ccc(Br)cn1)NN. The van der Waals surface area contributed by atoms with E-state index in [1.54, 1.807) is 0 Å². The highest BCUT2D eigenvalue weighted by Crippen LogP contribution is 2.13. The predicted molar refractivity (Wildman–Crippen MR) is 86.3 cm³/mol. The van der Waals surface area contributed by atoms with E-state index in [1.165, 1.54) is 11.1 Å². The molecule has 0 amide bonds. The van der Waals surface area contributed by atoms with Gasteiger partial charge in [0.05, 0.1) is 0 Å². The molecule has 20 heavy (non-hydrogen) atoms. The highest BCUT2D eigenvalue weighted by atomic mass is 79.9. The molecule has 0 spiro atoms. The second kappa shape index (κ2) is 7.53. The molecule has 106 valence electrons. The van der Waals surface area contributed by atoms with Gasteiger partial charge in [0.2, 0.25) is 0 Å². The Kier molecular flexibility index (Phi) is 5.71. The van der Waals surface area contributed by atoms with Crippen molar-refractivity contribution in [3.05, 3.63) is 63.9 Å². The molecule has 1 heterocycles. The van der Waals surface area contributed by atoms with E-state index < -0.39 is 0 Å². The average Bonchev–Trinajstić information content (AvgIpc) is 2.47. The van der Waals surface area contributed by atoms with Crippen molar-refractivity contribution >= 4 is 15.9 Å². The lowest BCUT2D eigenvalue weighted by Gasteiger charge is -2.16. The number of nitrogens with one attached hydrogen (secondary N) is 1. The molecule has 1 atom stereocenters. The van der Waals surface area contributed by atoms with Crippen LogP contribution in [0.3, 0.4) is 0 Å². The number of rotatable bonds is 6. The lowest BCUT2D eigenvalue weighted by atomic mass is 9.99. The van der Waals surface area contributed by atoms with Gasteiger partial charge < -0.3 is 0 Å². The van der Waals surface area contributed by atoms with Crippen LogP contribution in [0.4, 0.5) is 0 Å². The van der Waals surface area contributed by atoms with Crippen molar-refractivity contribution in [2.75, 3.05) is 0 Å². The fourth-order valence-corrected chi connectivity index (χ4v) is 2.48. The van der Waals surface area contributed by atoms with Crippen molar-refractivity contribution < 1.29 is 0 Å². The zero-order valence-electron chi connectivity index (χ0n) is 11.6. The molecule has 0 aliphatic rings. The van der Waals surface area contributed by atoms with Crippen LogP contribution in [0.15, 0.2) is 47.1 Å². The van der Waals surface area contributed by atoms with Crippen molar-refractivity contribution in [2.24, 2.45) is 5.84 Å². The smallest absolute Gasteiger partial charge is 0.0420 e. The third-order valence-electron chi connectivity index (χ3n) is 3.50. The van der Waals surface area contributed by atoms with E-state index in [9.17, 15) is 0 Å². The highest BCUT2D eigenvalue weighted by Gasteiger charge is 2.09. The molecule has 0 aliphatic heterocycles. The van der Waals surface area contributed by atoms with Gasteiger partial charge in [0.1, 0.15) is 0 Å². The Bertz CT molecular complexity index is 540. The first-order chi connectivity index (χ1) is 9.69. The first-order valence-corrected chi connectivity index (χ1v) is 7.59. The molecule has 4 heteroatoms. The van der Waals surface area contributed by atoms with Gasteiger partial charge in [0, 0.05) is 28.8 Å². The van der Waals surface area contributed by atoms with Crippen LogP contribution >= 0.6 is 15.9 Å². The van der Waals surface area contributed by atoms with E-state index in [0.29, 0.717) is 0 Å². The number of hydrogen-bond donors (Lipinski definition) is 2. The maximum absolute atomic E-state index is 5.67. The van der Waals surface area contributed by atoms with E-state index in [1.807, 2.05) is 18.3 Å². The number of halogens is 1. The summed E-state index contributed by atoms with van der Waals surface area (Å²) < 4.78 is 0.999. The molecule has 0 saturated carbocycles. The summed E-state index contributed by atoms with van der Waals surface area (Å²) in [7, 11) is 0. The van der Waals surface area contributed by atoms with Gasteiger partial charge in [0.25, 0.3) is 0 Å². The van der Waals surface area contributed by atoms with Crippen LogP contribution in [-0.2, 0) is 12.8 Å². The zero-order valence-corrected chi connectivity index (χ0v) is 13.2. The van der Waals surface area contributed by atoms with E-state index >= 15 is 0 Å². The normalized spacial score (nSPS) is 12.3. The van der Waals surface area contributed by atoms with Crippen LogP contribution < -0.4 is 11.3 Å². The van der Waals surface area contributed by atoms with Crippen molar-refractivity contribution in [1.29, 1.82) is 0 Å². The second-order valence-electron chi connectivity index (χ2n) is 5.00. The fourth-order valence-electron chi connectivity index (χ4n) is 2.24. The summed E-state index contributed by atoms with van der Waals surface area (Å²) >= 11 is 3.40. The van der Waals surface area contributed by atoms with Gasteiger partial charge in [-0.15, -0.1) is 0 Å². The van der Waals surface area contributed by atoms with E-state index in [-0.39, 0.29) is 6.04 Å². The predicted octanol–water partition coefficient (Wildman–Crippen LogP) is 3.16. The largest absolute Gasteiger partial charge is 0.271 e. The molecule has 0 aliphatic carbocycles. The fraction of sp³-hybridized carbons (Fsp3) is 0.312. The minimum atomic E-state index is 0.239. The molecule has 0 radical (unpaired) electrons. The van der Waals surface area contributed by atoms with Gasteiger partial charge in [-0.2, -0.15) is 0 Å². The summed E-state index contributed by atoms with van der Waals surface area (Å²) in [5, 5.41) is 0. The molecule has 2 rings (SSSR count). The van der Waals surface area contributed by atoms with Gasteiger partial charge in [-0.25, -0.2) is 0 Å². The number of hydrazine groups is 1. The van der Waals surface area contributed by atoms with Crippen molar-refractivity contribution in [1.82, 2.24) is 10.4 Å².